The molecule has 1 amide bonds. The van der Waals surface area contributed by atoms with Crippen molar-refractivity contribution in [1.29, 1.82) is 0 Å². The van der Waals surface area contributed by atoms with Gasteiger partial charge in [0.05, 0.1) is 12.0 Å². The highest BCUT2D eigenvalue weighted by Gasteiger charge is 2.30. The van der Waals surface area contributed by atoms with Crippen molar-refractivity contribution in [2.45, 2.75) is 18.6 Å². The second kappa shape index (κ2) is 6.25. The third kappa shape index (κ3) is 4.79. The zero-order valence-corrected chi connectivity index (χ0v) is 10.3. The Morgan fingerprint density at radius 3 is 2.00 bits per heavy atom. The molecule has 0 bridgehead atoms. The van der Waals surface area contributed by atoms with E-state index in [4.69, 9.17) is 10.2 Å². The minimum atomic E-state index is -4.55. The molecular formula is C12H10F3NO5. The van der Waals surface area contributed by atoms with E-state index in [0.29, 0.717) is 12.1 Å². The number of aliphatic carboxylic acids is 2. The predicted molar refractivity (Wildman–Crippen MR) is 62.6 cm³/mol. The lowest BCUT2D eigenvalue weighted by Crippen LogP contribution is -2.42. The fourth-order valence-electron chi connectivity index (χ4n) is 1.43. The van der Waals surface area contributed by atoms with Gasteiger partial charge in [-0.1, -0.05) is 0 Å². The number of carbonyl (C=O) groups excluding carboxylic acids is 1. The van der Waals surface area contributed by atoms with Crippen molar-refractivity contribution in [1.82, 2.24) is 5.32 Å². The average Bonchev–Trinajstić information content (AvgIpc) is 2.36. The van der Waals surface area contributed by atoms with Crippen LogP contribution in [-0.4, -0.2) is 34.1 Å². The average molecular weight is 305 g/mol. The van der Waals surface area contributed by atoms with Crippen LogP contribution in [0.4, 0.5) is 13.2 Å². The molecule has 0 aliphatic rings. The van der Waals surface area contributed by atoms with Gasteiger partial charge in [-0.3, -0.25) is 9.59 Å². The van der Waals surface area contributed by atoms with Gasteiger partial charge in [0.2, 0.25) is 0 Å². The van der Waals surface area contributed by atoms with Gasteiger partial charge in [0, 0.05) is 5.56 Å². The van der Waals surface area contributed by atoms with Crippen molar-refractivity contribution in [3.05, 3.63) is 35.4 Å². The molecule has 0 aromatic heterocycles. The Morgan fingerprint density at radius 1 is 1.10 bits per heavy atom. The number of amides is 1. The quantitative estimate of drug-likeness (QED) is 0.762. The Kier molecular flexibility index (Phi) is 4.90. The second-order valence-electron chi connectivity index (χ2n) is 4.04. The predicted octanol–water partition coefficient (Wildman–Crippen LogP) is 1.36. The Hall–Kier alpha value is -2.58. The molecule has 0 aliphatic heterocycles. The molecule has 0 radical (unpaired) electrons. The van der Waals surface area contributed by atoms with Crippen LogP contribution in [0.25, 0.3) is 0 Å². The number of rotatable bonds is 5. The molecule has 0 saturated carbocycles. The second-order valence-corrected chi connectivity index (χ2v) is 4.04. The van der Waals surface area contributed by atoms with Gasteiger partial charge in [-0.15, -0.1) is 0 Å². The van der Waals surface area contributed by atoms with Crippen LogP contribution in [0.15, 0.2) is 24.3 Å². The number of benzene rings is 1. The molecular weight excluding hydrogens is 295 g/mol. The first-order valence-electron chi connectivity index (χ1n) is 5.54. The molecule has 1 aromatic rings. The Morgan fingerprint density at radius 2 is 1.62 bits per heavy atom. The summed E-state index contributed by atoms with van der Waals surface area (Å²) in [6.45, 7) is 0. The van der Waals surface area contributed by atoms with E-state index >= 15 is 0 Å². The van der Waals surface area contributed by atoms with Crippen molar-refractivity contribution in [2.75, 3.05) is 0 Å². The lowest BCUT2D eigenvalue weighted by molar-refractivity contribution is -0.145. The molecule has 0 heterocycles. The van der Waals surface area contributed by atoms with Crippen molar-refractivity contribution >= 4 is 17.8 Å². The van der Waals surface area contributed by atoms with Gasteiger partial charge in [0.25, 0.3) is 5.91 Å². The molecule has 0 aliphatic carbocycles. The SMILES string of the molecule is O=C(O)C[C@@H](NC(=O)c1ccc(C(F)(F)F)cc1)C(=O)O. The molecule has 1 rings (SSSR count). The van der Waals surface area contributed by atoms with E-state index in [1.165, 1.54) is 0 Å². The molecule has 6 nitrogen and oxygen atoms in total. The zero-order valence-electron chi connectivity index (χ0n) is 10.3. The topological polar surface area (TPSA) is 104 Å². The molecule has 0 saturated heterocycles. The van der Waals surface area contributed by atoms with Gasteiger partial charge < -0.3 is 15.5 Å². The molecule has 0 fully saturated rings. The summed E-state index contributed by atoms with van der Waals surface area (Å²) in [6, 6.07) is 1.41. The Bertz CT molecular complexity index is 553. The number of alkyl halides is 3. The maximum Gasteiger partial charge on any atom is 0.416 e. The molecule has 3 N–H and O–H groups in total. The number of carbonyl (C=O) groups is 3. The lowest BCUT2D eigenvalue weighted by atomic mass is 10.1. The zero-order chi connectivity index (χ0) is 16.2. The van der Waals surface area contributed by atoms with Crippen LogP contribution in [0.2, 0.25) is 0 Å². The molecule has 21 heavy (non-hydrogen) atoms. The normalized spacial score (nSPS) is 12.5. The molecule has 1 aromatic carbocycles. The number of hydrogen-bond acceptors (Lipinski definition) is 3. The van der Waals surface area contributed by atoms with Crippen molar-refractivity contribution in [3.63, 3.8) is 0 Å². The molecule has 0 spiro atoms. The monoisotopic (exact) mass is 305 g/mol. The van der Waals surface area contributed by atoms with Crippen LogP contribution in [0, 0.1) is 0 Å². The van der Waals surface area contributed by atoms with Crippen LogP contribution < -0.4 is 5.32 Å². The van der Waals surface area contributed by atoms with E-state index in [0.717, 1.165) is 12.1 Å². The first-order valence-corrected chi connectivity index (χ1v) is 5.54. The molecule has 114 valence electrons. The third-order valence-corrected chi connectivity index (χ3v) is 2.46. The van der Waals surface area contributed by atoms with E-state index in [1.807, 2.05) is 5.32 Å². The number of nitrogens with one attached hydrogen (secondary N) is 1. The first kappa shape index (κ1) is 16.5. The van der Waals surface area contributed by atoms with Gasteiger partial charge >= 0.3 is 18.1 Å². The summed E-state index contributed by atoms with van der Waals surface area (Å²) in [4.78, 5) is 32.9. The summed E-state index contributed by atoms with van der Waals surface area (Å²) in [5, 5.41) is 19.2. The van der Waals surface area contributed by atoms with Crippen LogP contribution in [0.1, 0.15) is 22.3 Å². The molecule has 0 unspecified atom stereocenters. The fraction of sp³-hybridized carbons (Fsp3) is 0.250. The maximum absolute atomic E-state index is 12.3. The minimum absolute atomic E-state index is 0.209. The van der Waals surface area contributed by atoms with E-state index in [9.17, 15) is 27.6 Å². The van der Waals surface area contributed by atoms with Gasteiger partial charge in [-0.2, -0.15) is 13.2 Å². The highest BCUT2D eigenvalue weighted by Crippen LogP contribution is 2.29. The van der Waals surface area contributed by atoms with Gasteiger partial charge in [0.1, 0.15) is 6.04 Å². The van der Waals surface area contributed by atoms with Crippen molar-refractivity contribution < 1.29 is 37.8 Å². The third-order valence-electron chi connectivity index (χ3n) is 2.46. The summed E-state index contributed by atoms with van der Waals surface area (Å²) in [7, 11) is 0. The number of carboxylic acid groups (broad SMARTS) is 2. The number of hydrogen-bond donors (Lipinski definition) is 3. The van der Waals surface area contributed by atoms with Crippen LogP contribution in [0.5, 0.6) is 0 Å². The van der Waals surface area contributed by atoms with Crippen molar-refractivity contribution in [2.24, 2.45) is 0 Å². The van der Waals surface area contributed by atoms with Crippen LogP contribution in [0.3, 0.4) is 0 Å². The summed E-state index contributed by atoms with van der Waals surface area (Å²) in [5.41, 5.74) is -1.17. The smallest absolute Gasteiger partial charge is 0.416 e. The summed E-state index contributed by atoms with van der Waals surface area (Å²) < 4.78 is 37.0. The summed E-state index contributed by atoms with van der Waals surface area (Å²) in [5.74, 6) is -3.97. The first-order chi connectivity index (χ1) is 9.61. The fourth-order valence-corrected chi connectivity index (χ4v) is 1.43. The minimum Gasteiger partial charge on any atom is -0.481 e. The van der Waals surface area contributed by atoms with E-state index < -0.39 is 42.0 Å². The standard InChI is InChI=1S/C12H10F3NO5/c13-12(14,15)7-3-1-6(2-4-7)10(19)16-8(11(20)21)5-9(17)18/h1-4,8H,5H2,(H,16,19)(H,17,18)(H,20,21)/t8-/m1/s1. The van der Waals surface area contributed by atoms with Crippen molar-refractivity contribution in [3.8, 4) is 0 Å². The van der Waals surface area contributed by atoms with E-state index in [-0.39, 0.29) is 5.56 Å². The highest BCUT2D eigenvalue weighted by atomic mass is 19.4. The Balaban J connectivity index is 2.83. The summed E-state index contributed by atoms with van der Waals surface area (Å²) in [6.07, 6.45) is -5.40. The van der Waals surface area contributed by atoms with Crippen LogP contribution in [-0.2, 0) is 15.8 Å². The maximum atomic E-state index is 12.3. The van der Waals surface area contributed by atoms with Gasteiger partial charge in [-0.25, -0.2) is 4.79 Å². The van der Waals surface area contributed by atoms with E-state index in [1.54, 1.807) is 0 Å². The highest BCUT2D eigenvalue weighted by molar-refractivity contribution is 5.97. The van der Waals surface area contributed by atoms with Crippen LogP contribution >= 0.6 is 0 Å². The molecule has 1 atom stereocenters. The van der Waals surface area contributed by atoms with Gasteiger partial charge in [-0.05, 0) is 24.3 Å². The number of carboxylic acids is 2. The summed E-state index contributed by atoms with van der Waals surface area (Å²) >= 11 is 0. The number of halogens is 3. The molecule has 9 heteroatoms. The Labute approximate surface area is 116 Å². The van der Waals surface area contributed by atoms with Gasteiger partial charge in [0.15, 0.2) is 0 Å². The van der Waals surface area contributed by atoms with E-state index in [2.05, 4.69) is 0 Å². The largest absolute Gasteiger partial charge is 0.481 e. The lowest BCUT2D eigenvalue weighted by Gasteiger charge is -2.13.